The molecular formula is C6H12O7Ti. The zero-order valence-electron chi connectivity index (χ0n) is 7.40. The molecule has 0 aromatic carbocycles. The first-order valence-corrected chi connectivity index (χ1v) is 5.10. The van der Waals surface area contributed by atoms with E-state index in [1.807, 2.05) is 0 Å². The molecule has 7 nitrogen and oxygen atoms in total. The SMILES string of the molecule is C[C@@H]1OC(O)[C@H](O)[C@H](O)[C@H]1O.[O]=[Ti]=[O]. The Bertz CT molecular complexity index is 190. The molecule has 1 saturated heterocycles. The van der Waals surface area contributed by atoms with Crippen molar-refractivity contribution in [3.05, 3.63) is 0 Å². The molecule has 5 atom stereocenters. The van der Waals surface area contributed by atoms with Crippen molar-refractivity contribution >= 4 is 0 Å². The molecule has 14 heavy (non-hydrogen) atoms. The molecule has 1 heterocycles. The molecule has 0 saturated carbocycles. The van der Waals surface area contributed by atoms with Crippen LogP contribution in [0.1, 0.15) is 6.92 Å². The van der Waals surface area contributed by atoms with Crippen molar-refractivity contribution in [2.24, 2.45) is 0 Å². The summed E-state index contributed by atoms with van der Waals surface area (Å²) >= 11 is -2.00. The first-order chi connectivity index (χ1) is 6.45. The summed E-state index contributed by atoms with van der Waals surface area (Å²) in [4.78, 5) is 0. The van der Waals surface area contributed by atoms with Crippen molar-refractivity contribution in [3.8, 4) is 0 Å². The van der Waals surface area contributed by atoms with Crippen molar-refractivity contribution in [1.82, 2.24) is 0 Å². The number of aliphatic hydroxyl groups is 4. The molecule has 0 aromatic rings. The second-order valence-electron chi connectivity index (χ2n) is 2.79. The Kier molecular flexibility index (Phi) is 6.62. The molecule has 8 heteroatoms. The van der Waals surface area contributed by atoms with Gasteiger partial charge in [-0.25, -0.2) is 0 Å². The van der Waals surface area contributed by atoms with Crippen LogP contribution in [0.5, 0.6) is 0 Å². The fraction of sp³-hybridized carbons (Fsp3) is 1.00. The summed E-state index contributed by atoms with van der Waals surface area (Å²) in [7, 11) is 0. The first kappa shape index (κ1) is 14.1. The van der Waals surface area contributed by atoms with E-state index in [1.54, 1.807) is 0 Å². The summed E-state index contributed by atoms with van der Waals surface area (Å²) in [5, 5.41) is 36.0. The van der Waals surface area contributed by atoms with E-state index in [0.717, 1.165) is 0 Å². The van der Waals surface area contributed by atoms with Gasteiger partial charge in [0.2, 0.25) is 0 Å². The molecular weight excluding hydrogens is 232 g/mol. The van der Waals surface area contributed by atoms with Crippen molar-refractivity contribution in [2.45, 2.75) is 37.6 Å². The minimum absolute atomic E-state index is 0.664. The van der Waals surface area contributed by atoms with Crippen LogP contribution in [0, 0.1) is 0 Å². The summed E-state index contributed by atoms with van der Waals surface area (Å²) in [5.74, 6) is 0. The predicted octanol–water partition coefficient (Wildman–Crippen LogP) is -2.43. The van der Waals surface area contributed by atoms with E-state index < -0.39 is 49.8 Å². The van der Waals surface area contributed by atoms with Crippen LogP contribution in [0.2, 0.25) is 0 Å². The molecule has 1 fully saturated rings. The Balaban J connectivity index is 0.000000500. The van der Waals surface area contributed by atoms with Gasteiger partial charge >= 0.3 is 25.7 Å². The van der Waals surface area contributed by atoms with Crippen LogP contribution in [-0.2, 0) is 30.5 Å². The van der Waals surface area contributed by atoms with Gasteiger partial charge in [0.15, 0.2) is 6.29 Å². The van der Waals surface area contributed by atoms with Crippen LogP contribution in [0.25, 0.3) is 0 Å². The summed E-state index contributed by atoms with van der Waals surface area (Å²) in [6, 6.07) is 0. The summed E-state index contributed by atoms with van der Waals surface area (Å²) in [5.41, 5.74) is 0. The minimum atomic E-state index is -2.00. The van der Waals surface area contributed by atoms with Gasteiger partial charge in [0.05, 0.1) is 6.10 Å². The molecule has 0 bridgehead atoms. The van der Waals surface area contributed by atoms with E-state index >= 15 is 0 Å². The molecule has 1 aliphatic rings. The Hall–Kier alpha value is 0.114. The average Bonchev–Trinajstić information content (AvgIpc) is 2.13. The molecule has 0 amide bonds. The molecule has 0 spiro atoms. The third-order valence-electron chi connectivity index (χ3n) is 1.83. The second-order valence-corrected chi connectivity index (χ2v) is 3.05. The molecule has 1 unspecified atom stereocenters. The number of rotatable bonds is 0. The van der Waals surface area contributed by atoms with Gasteiger partial charge in [-0.1, -0.05) is 0 Å². The molecule has 4 N–H and O–H groups in total. The normalized spacial score (nSPS) is 41.9. The molecule has 0 aromatic heterocycles. The fourth-order valence-electron chi connectivity index (χ4n) is 1.03. The molecule has 82 valence electrons. The maximum atomic E-state index is 9.09. The van der Waals surface area contributed by atoms with Crippen LogP contribution in [0.4, 0.5) is 0 Å². The zero-order valence-corrected chi connectivity index (χ0v) is 8.96. The van der Waals surface area contributed by atoms with Gasteiger partial charge in [-0.2, -0.15) is 0 Å². The van der Waals surface area contributed by atoms with Crippen LogP contribution >= 0.6 is 0 Å². The number of hydrogen-bond donors (Lipinski definition) is 4. The van der Waals surface area contributed by atoms with Gasteiger partial charge < -0.3 is 25.2 Å². The van der Waals surface area contributed by atoms with E-state index in [0.29, 0.717) is 0 Å². The topological polar surface area (TPSA) is 124 Å². The molecule has 0 aliphatic carbocycles. The van der Waals surface area contributed by atoms with Crippen LogP contribution < -0.4 is 0 Å². The average molecular weight is 244 g/mol. The van der Waals surface area contributed by atoms with E-state index in [2.05, 4.69) is 4.74 Å². The number of ether oxygens (including phenoxy) is 1. The van der Waals surface area contributed by atoms with Crippen molar-refractivity contribution < 1.29 is 50.9 Å². The second kappa shape index (κ2) is 6.57. The standard InChI is InChI=1S/C6H12O5.2O.Ti/c1-2-3(7)4(8)5(9)6(10)11-2;;;/h2-10H,1H3;;;/t2-,3-,4+,5+,6?;;;/m0.../s1. The van der Waals surface area contributed by atoms with Crippen LogP contribution in [0.3, 0.4) is 0 Å². The van der Waals surface area contributed by atoms with Crippen LogP contribution in [-0.4, -0.2) is 51.1 Å². The fourth-order valence-corrected chi connectivity index (χ4v) is 1.03. The summed E-state index contributed by atoms with van der Waals surface area (Å²) in [6.45, 7) is 1.50. The number of aliphatic hydroxyl groups excluding tert-OH is 4. The third kappa shape index (κ3) is 3.70. The summed E-state index contributed by atoms with van der Waals surface area (Å²) in [6.07, 6.45) is -5.99. The van der Waals surface area contributed by atoms with Gasteiger partial charge in [0, 0.05) is 0 Å². The van der Waals surface area contributed by atoms with Gasteiger partial charge in [0.1, 0.15) is 18.3 Å². The van der Waals surface area contributed by atoms with Gasteiger partial charge in [-0.3, -0.25) is 0 Å². The van der Waals surface area contributed by atoms with E-state index in [4.69, 9.17) is 27.1 Å². The van der Waals surface area contributed by atoms with Gasteiger partial charge in [-0.15, -0.1) is 0 Å². The zero-order chi connectivity index (χ0) is 11.3. The monoisotopic (exact) mass is 244 g/mol. The van der Waals surface area contributed by atoms with E-state index in [9.17, 15) is 0 Å². The van der Waals surface area contributed by atoms with Gasteiger partial charge in [0.25, 0.3) is 0 Å². The Labute approximate surface area is 88.9 Å². The van der Waals surface area contributed by atoms with Crippen molar-refractivity contribution in [2.75, 3.05) is 0 Å². The molecule has 0 radical (unpaired) electrons. The molecule has 1 aliphatic heterocycles. The Morgan fingerprint density at radius 3 is 1.86 bits per heavy atom. The molecule has 1 rings (SSSR count). The van der Waals surface area contributed by atoms with Crippen LogP contribution in [0.15, 0.2) is 0 Å². The Morgan fingerprint density at radius 2 is 1.43 bits per heavy atom. The summed E-state index contributed by atoms with van der Waals surface area (Å²) < 4.78 is 21.7. The van der Waals surface area contributed by atoms with Crippen molar-refractivity contribution in [3.63, 3.8) is 0 Å². The Morgan fingerprint density at radius 1 is 1.00 bits per heavy atom. The number of hydrogen-bond acceptors (Lipinski definition) is 7. The third-order valence-corrected chi connectivity index (χ3v) is 1.83. The quantitative estimate of drug-likeness (QED) is 0.349. The van der Waals surface area contributed by atoms with Crippen molar-refractivity contribution in [1.29, 1.82) is 0 Å². The maximum absolute atomic E-state index is 9.09. The first-order valence-electron chi connectivity index (χ1n) is 3.82. The predicted molar refractivity (Wildman–Crippen MR) is 35.9 cm³/mol. The van der Waals surface area contributed by atoms with E-state index in [1.165, 1.54) is 6.92 Å². The van der Waals surface area contributed by atoms with Gasteiger partial charge in [-0.05, 0) is 6.92 Å². The van der Waals surface area contributed by atoms with E-state index in [-0.39, 0.29) is 0 Å².